The molecule has 0 bridgehead atoms. The van der Waals surface area contributed by atoms with Crippen molar-refractivity contribution in [3.63, 3.8) is 0 Å². The van der Waals surface area contributed by atoms with E-state index in [9.17, 15) is 5.11 Å². The molecule has 1 unspecified atom stereocenters. The number of hydrogen-bond acceptors (Lipinski definition) is 7. The zero-order valence-corrected chi connectivity index (χ0v) is 21.9. The van der Waals surface area contributed by atoms with Crippen LogP contribution in [0.4, 0.5) is 4.39 Å². The maximum absolute atomic E-state index is 15.5. The van der Waals surface area contributed by atoms with Crippen LogP contribution in [0.2, 0.25) is 0 Å². The summed E-state index contributed by atoms with van der Waals surface area (Å²) < 4.78 is 28.7. The lowest BCUT2D eigenvalue weighted by molar-refractivity contribution is 0.0542. The highest BCUT2D eigenvalue weighted by molar-refractivity contribution is 6.04. The molecule has 196 valence electrons. The molecule has 5 aromatic rings. The molecule has 0 amide bonds. The fourth-order valence-electron chi connectivity index (χ4n) is 5.64. The Hall–Kier alpha value is -3.69. The highest BCUT2D eigenvalue weighted by atomic mass is 19.1. The number of halogens is 1. The molecule has 1 aliphatic heterocycles. The van der Waals surface area contributed by atoms with Crippen LogP contribution >= 0.6 is 0 Å². The molecule has 1 fully saturated rings. The van der Waals surface area contributed by atoms with E-state index in [1.165, 1.54) is 6.07 Å². The van der Waals surface area contributed by atoms with E-state index in [2.05, 4.69) is 14.7 Å². The second-order valence-electron chi connectivity index (χ2n) is 10.6. The van der Waals surface area contributed by atoms with Gasteiger partial charge in [0.2, 0.25) is 0 Å². The number of aliphatic hydroxyl groups is 1. The van der Waals surface area contributed by atoms with Crippen LogP contribution in [0.5, 0.6) is 0 Å². The van der Waals surface area contributed by atoms with Crippen LogP contribution in [-0.4, -0.2) is 43.0 Å². The fourth-order valence-corrected chi connectivity index (χ4v) is 5.64. The van der Waals surface area contributed by atoms with E-state index >= 15 is 4.39 Å². The Balaban J connectivity index is 1.71. The molecular weight excluding hydrogens is 485 g/mol. The van der Waals surface area contributed by atoms with E-state index in [1.54, 1.807) is 38.5 Å². The van der Waals surface area contributed by atoms with Crippen LogP contribution in [0.3, 0.4) is 0 Å². The number of hydrogen-bond donors (Lipinski definition) is 1. The van der Waals surface area contributed by atoms with Crippen molar-refractivity contribution in [2.75, 3.05) is 13.2 Å². The standard InChI is InChI=1S/C29H30FN5O3/c1-16-24(17(2)38-34-16)19-12-22-26(32-14-19)27-23(13-20(15-33-27)29(3,4)36)35(22)28(18-7-10-37-11-8-18)25-21(30)6-5-9-31-25/h5-6,9,12-15,18,28,36H,7-8,10-11H2,1-4H3. The average molecular weight is 516 g/mol. The highest BCUT2D eigenvalue weighted by Gasteiger charge is 2.34. The summed E-state index contributed by atoms with van der Waals surface area (Å²) in [6.45, 7) is 8.43. The normalized spacial score (nSPS) is 15.9. The number of rotatable bonds is 5. The quantitative estimate of drug-likeness (QED) is 0.324. The first-order chi connectivity index (χ1) is 18.2. The summed E-state index contributed by atoms with van der Waals surface area (Å²) >= 11 is 0. The van der Waals surface area contributed by atoms with Crippen molar-refractivity contribution < 1.29 is 18.8 Å². The molecule has 0 spiro atoms. The SMILES string of the molecule is Cc1noc(C)c1-c1cnc2c3ncc(C(C)(C)O)cc3n(C(c3ncccc3F)C3CCOCC3)c2c1. The smallest absolute Gasteiger partial charge is 0.146 e. The molecule has 1 aliphatic rings. The van der Waals surface area contributed by atoms with Crippen molar-refractivity contribution in [3.8, 4) is 11.1 Å². The zero-order valence-electron chi connectivity index (χ0n) is 21.9. The summed E-state index contributed by atoms with van der Waals surface area (Å²) in [6.07, 6.45) is 6.64. The topological polar surface area (TPSA) is 99.1 Å². The van der Waals surface area contributed by atoms with Gasteiger partial charge in [-0.05, 0) is 70.7 Å². The Morgan fingerprint density at radius 1 is 1.05 bits per heavy atom. The maximum atomic E-state index is 15.5. The molecule has 0 saturated carbocycles. The third kappa shape index (κ3) is 4.06. The number of ether oxygens (including phenoxy) is 1. The molecule has 1 N–H and O–H groups in total. The van der Waals surface area contributed by atoms with E-state index < -0.39 is 11.6 Å². The second kappa shape index (κ2) is 9.25. The Morgan fingerprint density at radius 2 is 1.76 bits per heavy atom. The van der Waals surface area contributed by atoms with E-state index in [0.29, 0.717) is 41.3 Å². The van der Waals surface area contributed by atoms with Gasteiger partial charge >= 0.3 is 0 Å². The molecule has 6 heterocycles. The van der Waals surface area contributed by atoms with Crippen molar-refractivity contribution in [2.45, 2.75) is 52.2 Å². The van der Waals surface area contributed by atoms with Gasteiger partial charge in [-0.15, -0.1) is 0 Å². The Labute approximate surface area is 219 Å². The van der Waals surface area contributed by atoms with Gasteiger partial charge in [-0.25, -0.2) is 4.39 Å². The third-order valence-corrected chi connectivity index (χ3v) is 7.56. The maximum Gasteiger partial charge on any atom is 0.146 e. The van der Waals surface area contributed by atoms with Gasteiger partial charge in [0.25, 0.3) is 0 Å². The van der Waals surface area contributed by atoms with E-state index in [-0.39, 0.29) is 11.7 Å². The highest BCUT2D eigenvalue weighted by Crippen LogP contribution is 2.41. The minimum Gasteiger partial charge on any atom is -0.386 e. The van der Waals surface area contributed by atoms with Crippen LogP contribution in [0.25, 0.3) is 33.2 Å². The van der Waals surface area contributed by atoms with Gasteiger partial charge in [0, 0.05) is 48.5 Å². The van der Waals surface area contributed by atoms with Gasteiger partial charge in [0.05, 0.1) is 34.1 Å². The Bertz CT molecular complexity index is 1630. The number of aromatic nitrogens is 5. The molecule has 8 nitrogen and oxygen atoms in total. The molecule has 38 heavy (non-hydrogen) atoms. The summed E-state index contributed by atoms with van der Waals surface area (Å²) in [6, 6.07) is 6.62. The van der Waals surface area contributed by atoms with Crippen molar-refractivity contribution in [1.82, 2.24) is 24.7 Å². The van der Waals surface area contributed by atoms with Crippen molar-refractivity contribution in [1.29, 1.82) is 0 Å². The van der Waals surface area contributed by atoms with Crippen LogP contribution in [-0.2, 0) is 10.3 Å². The number of fused-ring (bicyclic) bond motifs is 3. The molecule has 0 aliphatic carbocycles. The average Bonchev–Trinajstić information content (AvgIpc) is 3.41. The lowest BCUT2D eigenvalue weighted by atomic mass is 9.88. The summed E-state index contributed by atoms with van der Waals surface area (Å²) in [7, 11) is 0. The van der Waals surface area contributed by atoms with E-state index in [1.807, 2.05) is 26.0 Å². The van der Waals surface area contributed by atoms with Gasteiger partial charge in [-0.1, -0.05) is 5.16 Å². The van der Waals surface area contributed by atoms with Gasteiger partial charge < -0.3 is 18.9 Å². The fraction of sp³-hybridized carbons (Fsp3) is 0.379. The number of aryl methyl sites for hydroxylation is 2. The lowest BCUT2D eigenvalue weighted by Crippen LogP contribution is -2.28. The molecule has 0 radical (unpaired) electrons. The van der Waals surface area contributed by atoms with Crippen molar-refractivity contribution in [3.05, 3.63) is 71.4 Å². The second-order valence-corrected chi connectivity index (χ2v) is 10.6. The number of pyridine rings is 3. The van der Waals surface area contributed by atoms with Crippen LogP contribution in [0, 0.1) is 25.6 Å². The summed E-state index contributed by atoms with van der Waals surface area (Å²) in [5, 5.41) is 14.9. The first kappa shape index (κ1) is 24.6. The molecule has 6 rings (SSSR count). The molecule has 1 saturated heterocycles. The molecule has 9 heteroatoms. The van der Waals surface area contributed by atoms with Crippen LogP contribution in [0.1, 0.15) is 55.4 Å². The molecular formula is C29H30FN5O3. The molecule has 5 aromatic heterocycles. The Morgan fingerprint density at radius 3 is 2.42 bits per heavy atom. The predicted molar refractivity (Wildman–Crippen MR) is 141 cm³/mol. The summed E-state index contributed by atoms with van der Waals surface area (Å²) in [5.41, 5.74) is 5.39. The van der Waals surface area contributed by atoms with Gasteiger partial charge in [0.15, 0.2) is 0 Å². The monoisotopic (exact) mass is 515 g/mol. The van der Waals surface area contributed by atoms with Crippen LogP contribution in [0.15, 0.2) is 47.4 Å². The number of nitrogens with zero attached hydrogens (tertiary/aromatic N) is 5. The first-order valence-corrected chi connectivity index (χ1v) is 12.9. The van der Waals surface area contributed by atoms with E-state index in [0.717, 1.165) is 40.7 Å². The van der Waals surface area contributed by atoms with Crippen LogP contribution < -0.4 is 0 Å². The molecule has 1 atom stereocenters. The van der Waals surface area contributed by atoms with Gasteiger partial charge in [-0.3, -0.25) is 15.0 Å². The minimum absolute atomic E-state index is 0.0699. The van der Waals surface area contributed by atoms with E-state index in [4.69, 9.17) is 19.2 Å². The predicted octanol–water partition coefficient (Wildman–Crippen LogP) is 5.63. The van der Waals surface area contributed by atoms with Crippen molar-refractivity contribution in [2.24, 2.45) is 5.92 Å². The zero-order chi connectivity index (χ0) is 26.6. The summed E-state index contributed by atoms with van der Waals surface area (Å²) in [4.78, 5) is 14.1. The lowest BCUT2D eigenvalue weighted by Gasteiger charge is -2.32. The summed E-state index contributed by atoms with van der Waals surface area (Å²) in [5.74, 6) is 0.409. The van der Waals surface area contributed by atoms with Crippen molar-refractivity contribution >= 4 is 22.1 Å². The largest absolute Gasteiger partial charge is 0.386 e. The van der Waals surface area contributed by atoms with Gasteiger partial charge in [-0.2, -0.15) is 0 Å². The van der Waals surface area contributed by atoms with Gasteiger partial charge in [0.1, 0.15) is 22.6 Å². The first-order valence-electron chi connectivity index (χ1n) is 12.9. The Kier molecular flexibility index (Phi) is 6.00. The molecule has 0 aromatic carbocycles. The third-order valence-electron chi connectivity index (χ3n) is 7.56. The minimum atomic E-state index is -1.11.